The van der Waals surface area contributed by atoms with Gasteiger partial charge in [-0.2, -0.15) is 0 Å². The second kappa shape index (κ2) is 3.73. The summed E-state index contributed by atoms with van der Waals surface area (Å²) in [5.74, 6) is 0.296. The Morgan fingerprint density at radius 1 is 1.47 bits per heavy atom. The molecule has 1 aliphatic heterocycles. The molecule has 6 heteroatoms. The number of halogens is 1. The number of aromatic nitrogens is 2. The van der Waals surface area contributed by atoms with Gasteiger partial charge < -0.3 is 10.0 Å². The largest absolute Gasteiger partial charge is 0.465 e. The summed E-state index contributed by atoms with van der Waals surface area (Å²) in [6.07, 6.45) is 2.92. The molecular weight excluding hydrogens is 286 g/mol. The van der Waals surface area contributed by atoms with E-state index in [4.69, 9.17) is 5.11 Å². The van der Waals surface area contributed by atoms with Crippen molar-refractivity contribution in [1.29, 1.82) is 0 Å². The molecule has 0 unspecified atom stereocenters. The molecule has 0 radical (unpaired) electrons. The van der Waals surface area contributed by atoms with Crippen LogP contribution in [0, 0.1) is 0 Å². The normalized spacial score (nSPS) is 16.2. The number of rotatable bonds is 1. The van der Waals surface area contributed by atoms with E-state index in [1.165, 1.54) is 4.90 Å². The van der Waals surface area contributed by atoms with Crippen molar-refractivity contribution < 1.29 is 9.90 Å². The van der Waals surface area contributed by atoms with Gasteiger partial charge in [-0.15, -0.1) is 0 Å². The molecule has 5 nitrogen and oxygen atoms in total. The van der Waals surface area contributed by atoms with Crippen LogP contribution in [-0.2, 0) is 0 Å². The zero-order valence-corrected chi connectivity index (χ0v) is 10.5. The van der Waals surface area contributed by atoms with Gasteiger partial charge >= 0.3 is 6.09 Å². The summed E-state index contributed by atoms with van der Waals surface area (Å²) < 4.78 is 2.86. The number of likely N-dealkylation sites (tertiary alicyclic amines) is 1. The van der Waals surface area contributed by atoms with Crippen LogP contribution in [0.2, 0.25) is 0 Å². The summed E-state index contributed by atoms with van der Waals surface area (Å²) in [5, 5.41) is 8.78. The number of hydrogen-bond donors (Lipinski definition) is 1. The SMILES string of the molecule is O=C(O)N1CC(c2ccc3ncc(Br)n3c2)C1. The van der Waals surface area contributed by atoms with E-state index < -0.39 is 6.09 Å². The molecule has 3 heterocycles. The van der Waals surface area contributed by atoms with Crippen LogP contribution in [0.25, 0.3) is 5.65 Å². The standard InChI is InChI=1S/C11H10BrN3O2/c12-9-3-13-10-2-1-7(6-15(9)10)8-4-14(5-8)11(16)17/h1-3,6,8H,4-5H2,(H,16,17). The molecule has 1 N–H and O–H groups in total. The van der Waals surface area contributed by atoms with Crippen molar-refractivity contribution in [3.8, 4) is 0 Å². The van der Waals surface area contributed by atoms with Gasteiger partial charge in [0, 0.05) is 25.2 Å². The first-order valence-electron chi connectivity index (χ1n) is 5.25. The van der Waals surface area contributed by atoms with E-state index in [1.54, 1.807) is 6.20 Å². The quantitative estimate of drug-likeness (QED) is 0.877. The van der Waals surface area contributed by atoms with Crippen LogP contribution in [0.3, 0.4) is 0 Å². The lowest BCUT2D eigenvalue weighted by Gasteiger charge is -2.37. The zero-order chi connectivity index (χ0) is 12.0. The van der Waals surface area contributed by atoms with E-state index in [0.717, 1.165) is 15.8 Å². The minimum absolute atomic E-state index is 0.296. The van der Waals surface area contributed by atoms with Gasteiger partial charge in [-0.3, -0.25) is 4.40 Å². The lowest BCUT2D eigenvalue weighted by molar-refractivity contribution is 0.105. The molecule has 3 rings (SSSR count). The minimum Gasteiger partial charge on any atom is -0.465 e. The first kappa shape index (κ1) is 10.6. The molecule has 1 fully saturated rings. The lowest BCUT2D eigenvalue weighted by atomic mass is 9.93. The number of imidazole rings is 1. The van der Waals surface area contributed by atoms with E-state index in [-0.39, 0.29) is 0 Å². The Morgan fingerprint density at radius 3 is 2.94 bits per heavy atom. The number of carbonyl (C=O) groups is 1. The van der Waals surface area contributed by atoms with E-state index in [9.17, 15) is 4.79 Å². The summed E-state index contributed by atoms with van der Waals surface area (Å²) in [4.78, 5) is 16.3. The van der Waals surface area contributed by atoms with Crippen LogP contribution >= 0.6 is 15.9 Å². The van der Waals surface area contributed by atoms with Crippen LogP contribution in [0.4, 0.5) is 4.79 Å². The summed E-state index contributed by atoms with van der Waals surface area (Å²) in [5.41, 5.74) is 2.03. The molecule has 88 valence electrons. The summed E-state index contributed by atoms with van der Waals surface area (Å²) in [6, 6.07) is 3.96. The molecule has 2 aromatic rings. The first-order valence-corrected chi connectivity index (χ1v) is 6.05. The number of pyridine rings is 1. The van der Waals surface area contributed by atoms with Crippen molar-refractivity contribution in [3.63, 3.8) is 0 Å². The van der Waals surface area contributed by atoms with Crippen molar-refractivity contribution in [1.82, 2.24) is 14.3 Å². The van der Waals surface area contributed by atoms with Crippen LogP contribution in [-0.4, -0.2) is 38.6 Å². The lowest BCUT2D eigenvalue weighted by Crippen LogP contribution is -2.47. The fourth-order valence-electron chi connectivity index (χ4n) is 2.05. The summed E-state index contributed by atoms with van der Waals surface area (Å²) >= 11 is 3.42. The predicted octanol–water partition coefficient (Wildman–Crippen LogP) is 2.17. The third-order valence-electron chi connectivity index (χ3n) is 3.11. The van der Waals surface area contributed by atoms with Crippen molar-refractivity contribution >= 4 is 27.7 Å². The third-order valence-corrected chi connectivity index (χ3v) is 3.69. The molecule has 1 saturated heterocycles. The number of amides is 1. The molecular formula is C11H10BrN3O2. The fraction of sp³-hybridized carbons (Fsp3) is 0.273. The molecule has 0 spiro atoms. The second-order valence-electron chi connectivity index (χ2n) is 4.16. The topological polar surface area (TPSA) is 57.8 Å². The van der Waals surface area contributed by atoms with Gasteiger partial charge in [0.2, 0.25) is 0 Å². The molecule has 1 aliphatic rings. The van der Waals surface area contributed by atoms with Crippen molar-refractivity contribution in [3.05, 3.63) is 34.7 Å². The van der Waals surface area contributed by atoms with Gasteiger partial charge in [0.15, 0.2) is 0 Å². The second-order valence-corrected chi connectivity index (χ2v) is 4.97. The average molecular weight is 296 g/mol. The van der Waals surface area contributed by atoms with Gasteiger partial charge in [-0.1, -0.05) is 6.07 Å². The van der Waals surface area contributed by atoms with E-state index >= 15 is 0 Å². The van der Waals surface area contributed by atoms with Gasteiger partial charge in [-0.25, -0.2) is 9.78 Å². The first-order chi connectivity index (χ1) is 8.15. The van der Waals surface area contributed by atoms with E-state index in [2.05, 4.69) is 20.9 Å². The van der Waals surface area contributed by atoms with Gasteiger partial charge in [-0.05, 0) is 27.6 Å². The van der Waals surface area contributed by atoms with E-state index in [0.29, 0.717) is 19.0 Å². The highest BCUT2D eigenvalue weighted by Crippen LogP contribution is 2.27. The zero-order valence-electron chi connectivity index (χ0n) is 8.88. The Bertz CT molecular complexity index is 589. The molecule has 17 heavy (non-hydrogen) atoms. The molecule has 2 aromatic heterocycles. The van der Waals surface area contributed by atoms with Crippen LogP contribution in [0.5, 0.6) is 0 Å². The number of carboxylic acid groups (broad SMARTS) is 1. The highest BCUT2D eigenvalue weighted by Gasteiger charge is 2.31. The maximum Gasteiger partial charge on any atom is 0.407 e. The van der Waals surface area contributed by atoms with Crippen molar-refractivity contribution in [2.24, 2.45) is 0 Å². The Labute approximate surface area is 106 Å². The Morgan fingerprint density at radius 2 is 2.24 bits per heavy atom. The van der Waals surface area contributed by atoms with Crippen LogP contribution in [0.1, 0.15) is 11.5 Å². The molecule has 0 aliphatic carbocycles. The molecule has 1 amide bonds. The van der Waals surface area contributed by atoms with Gasteiger partial charge in [0.1, 0.15) is 10.3 Å². The minimum atomic E-state index is -0.842. The number of fused-ring (bicyclic) bond motifs is 1. The number of hydrogen-bond acceptors (Lipinski definition) is 2. The Hall–Kier alpha value is -1.56. The Kier molecular flexibility index (Phi) is 2.32. The summed E-state index contributed by atoms with van der Waals surface area (Å²) in [6.45, 7) is 1.15. The maximum atomic E-state index is 10.7. The average Bonchev–Trinajstić information content (AvgIpc) is 2.58. The predicted molar refractivity (Wildman–Crippen MR) is 65.2 cm³/mol. The van der Waals surface area contributed by atoms with Crippen LogP contribution < -0.4 is 0 Å². The molecule has 0 saturated carbocycles. The highest BCUT2D eigenvalue weighted by atomic mass is 79.9. The molecule has 0 bridgehead atoms. The summed E-state index contributed by atoms with van der Waals surface area (Å²) in [7, 11) is 0. The monoisotopic (exact) mass is 295 g/mol. The van der Waals surface area contributed by atoms with Gasteiger partial charge in [0.05, 0.1) is 6.20 Å². The van der Waals surface area contributed by atoms with Gasteiger partial charge in [0.25, 0.3) is 0 Å². The smallest absolute Gasteiger partial charge is 0.407 e. The van der Waals surface area contributed by atoms with Crippen molar-refractivity contribution in [2.75, 3.05) is 13.1 Å². The molecule has 0 atom stereocenters. The highest BCUT2D eigenvalue weighted by molar-refractivity contribution is 9.10. The third kappa shape index (κ3) is 1.68. The fourth-order valence-corrected chi connectivity index (χ4v) is 2.44. The molecule has 0 aromatic carbocycles. The maximum absolute atomic E-state index is 10.7. The van der Waals surface area contributed by atoms with E-state index in [1.807, 2.05) is 22.7 Å². The number of nitrogens with zero attached hydrogens (tertiary/aromatic N) is 3. The Balaban J connectivity index is 1.87. The van der Waals surface area contributed by atoms with Crippen molar-refractivity contribution in [2.45, 2.75) is 5.92 Å². The van der Waals surface area contributed by atoms with Crippen LogP contribution in [0.15, 0.2) is 29.1 Å².